The van der Waals surface area contributed by atoms with Crippen LogP contribution in [-0.2, 0) is 28.6 Å². The zero-order valence-electron chi connectivity index (χ0n) is 17.7. The molecular formula is C23H22F3N4O2S+. The van der Waals surface area contributed by atoms with Crippen molar-refractivity contribution < 1.29 is 22.8 Å². The van der Waals surface area contributed by atoms with E-state index in [1.807, 2.05) is 29.8 Å². The minimum absolute atomic E-state index is 0.0270. The number of anilines is 1. The van der Waals surface area contributed by atoms with Crippen LogP contribution >= 0.6 is 10.5 Å². The Bertz CT molecular complexity index is 1250. The van der Waals surface area contributed by atoms with Gasteiger partial charge in [0.25, 0.3) is 0 Å². The number of benzene rings is 2. The summed E-state index contributed by atoms with van der Waals surface area (Å²) in [6.45, 7) is 1.66. The Labute approximate surface area is 190 Å². The highest BCUT2D eigenvalue weighted by Crippen LogP contribution is 2.32. The smallest absolute Gasteiger partial charge is 0.351 e. The molecule has 0 saturated heterocycles. The van der Waals surface area contributed by atoms with E-state index in [1.54, 1.807) is 0 Å². The van der Waals surface area contributed by atoms with Crippen molar-refractivity contribution in [3.63, 3.8) is 0 Å². The van der Waals surface area contributed by atoms with Gasteiger partial charge in [-0.15, -0.1) is 0 Å². The summed E-state index contributed by atoms with van der Waals surface area (Å²) in [4.78, 5) is 32.9. The molecule has 2 atom stereocenters. The van der Waals surface area contributed by atoms with E-state index in [2.05, 4.69) is 20.6 Å². The largest absolute Gasteiger partial charge is 0.416 e. The van der Waals surface area contributed by atoms with Crippen molar-refractivity contribution >= 4 is 28.0 Å². The lowest BCUT2D eigenvalue weighted by Gasteiger charge is -2.16. The molecule has 2 amide bonds. The number of rotatable bonds is 6. The van der Waals surface area contributed by atoms with E-state index in [-0.39, 0.29) is 24.4 Å². The molecule has 1 aliphatic rings. The van der Waals surface area contributed by atoms with Gasteiger partial charge >= 0.3 is 11.0 Å². The summed E-state index contributed by atoms with van der Waals surface area (Å²) in [5, 5.41) is 7.64. The van der Waals surface area contributed by atoms with E-state index >= 15 is 0 Å². The molecule has 0 fully saturated rings. The molecule has 0 radical (unpaired) electrons. The fourth-order valence-electron chi connectivity index (χ4n) is 3.71. The van der Waals surface area contributed by atoms with Gasteiger partial charge in [0.1, 0.15) is 0 Å². The number of H-pyrrole nitrogens is 1. The van der Waals surface area contributed by atoms with Gasteiger partial charge < -0.3 is 10.6 Å². The van der Waals surface area contributed by atoms with Crippen molar-refractivity contribution in [2.45, 2.75) is 32.0 Å². The third kappa shape index (κ3) is 5.51. The SMILES string of the molecule is CC(=O)N[C@H](CN=c1[nH]cc[s+]1-c1ccc2c(c1)CC(=O)N2)Cc1ccc(C(F)(F)F)cc1. The van der Waals surface area contributed by atoms with Crippen LogP contribution in [0.5, 0.6) is 0 Å². The second-order valence-corrected chi connectivity index (χ2v) is 9.58. The quantitative estimate of drug-likeness (QED) is 0.472. The predicted molar refractivity (Wildman–Crippen MR) is 120 cm³/mol. The normalized spacial score (nSPS) is 15.2. The topological polar surface area (TPSA) is 86.3 Å². The van der Waals surface area contributed by atoms with E-state index in [0.29, 0.717) is 18.4 Å². The van der Waals surface area contributed by atoms with Gasteiger partial charge in [-0.05, 0) is 35.7 Å². The van der Waals surface area contributed by atoms with E-state index < -0.39 is 22.2 Å². The highest BCUT2D eigenvalue weighted by molar-refractivity contribution is 7.36. The molecule has 6 nitrogen and oxygen atoms in total. The molecule has 1 unspecified atom stereocenters. The molecule has 10 heteroatoms. The van der Waals surface area contributed by atoms with Crippen molar-refractivity contribution in [3.8, 4) is 4.90 Å². The molecule has 172 valence electrons. The number of halogens is 3. The molecular weight excluding hydrogens is 453 g/mol. The molecule has 0 saturated carbocycles. The Hall–Kier alpha value is -3.40. The molecule has 0 aliphatic carbocycles. The zero-order valence-corrected chi connectivity index (χ0v) is 18.5. The third-order valence-electron chi connectivity index (χ3n) is 5.20. The first-order valence-electron chi connectivity index (χ1n) is 10.3. The van der Waals surface area contributed by atoms with Crippen LogP contribution in [0, 0.1) is 0 Å². The molecule has 3 aromatic rings. The van der Waals surface area contributed by atoms with Gasteiger partial charge in [-0.25, -0.2) is 4.99 Å². The van der Waals surface area contributed by atoms with Crippen LogP contribution in [0.15, 0.2) is 59.0 Å². The molecule has 1 aliphatic heterocycles. The van der Waals surface area contributed by atoms with Crippen molar-refractivity contribution in [1.29, 1.82) is 0 Å². The first kappa shape index (κ1) is 22.8. The number of nitrogens with one attached hydrogen (secondary N) is 3. The van der Waals surface area contributed by atoms with Crippen LogP contribution in [0.4, 0.5) is 18.9 Å². The van der Waals surface area contributed by atoms with Crippen LogP contribution in [0.25, 0.3) is 4.90 Å². The molecule has 3 N–H and O–H groups in total. The number of thiazole rings is 1. The Morgan fingerprint density at radius 3 is 2.67 bits per heavy atom. The van der Waals surface area contributed by atoms with Gasteiger partial charge in [-0.3, -0.25) is 14.6 Å². The lowest BCUT2D eigenvalue weighted by Crippen LogP contribution is -2.37. The van der Waals surface area contributed by atoms with Gasteiger partial charge in [-0.2, -0.15) is 13.2 Å². The van der Waals surface area contributed by atoms with E-state index in [4.69, 9.17) is 0 Å². The van der Waals surface area contributed by atoms with Crippen molar-refractivity contribution in [2.75, 3.05) is 11.9 Å². The first-order chi connectivity index (χ1) is 15.7. The molecule has 2 heterocycles. The number of hydrogen-bond donors (Lipinski definition) is 3. The van der Waals surface area contributed by atoms with E-state index in [1.165, 1.54) is 19.1 Å². The lowest BCUT2D eigenvalue weighted by molar-refractivity contribution is -0.137. The van der Waals surface area contributed by atoms with Crippen LogP contribution in [0.2, 0.25) is 0 Å². The number of nitrogens with zero attached hydrogens (tertiary/aromatic N) is 1. The average Bonchev–Trinajstić information content (AvgIpc) is 3.36. The van der Waals surface area contributed by atoms with Gasteiger partial charge in [-0.1, -0.05) is 12.1 Å². The van der Waals surface area contributed by atoms with Crippen molar-refractivity contribution in [2.24, 2.45) is 4.99 Å². The number of aromatic amines is 1. The Morgan fingerprint density at radius 1 is 1.21 bits per heavy atom. The maximum atomic E-state index is 12.8. The standard InChI is InChI=1S/C23H21F3N4O2S/c1-14(31)29-18(10-15-2-4-17(5-3-15)23(24,25)26)13-28-22-27-8-9-33(22)19-6-7-20-16(11-19)12-21(32)30-20/h2-9,11,18H,10,12-13H2,1H3,(H2-,27,28,29,30,31,32)/p+1/t18-,33?/m0/s1. The van der Waals surface area contributed by atoms with Crippen molar-refractivity contribution in [1.82, 2.24) is 10.3 Å². The van der Waals surface area contributed by atoms with Gasteiger partial charge in [0.05, 0.1) is 41.2 Å². The van der Waals surface area contributed by atoms with Crippen LogP contribution in [0.3, 0.4) is 0 Å². The predicted octanol–water partition coefficient (Wildman–Crippen LogP) is 3.91. The summed E-state index contributed by atoms with van der Waals surface area (Å²) < 4.78 is 38.4. The second-order valence-electron chi connectivity index (χ2n) is 7.77. The van der Waals surface area contributed by atoms with Gasteiger partial charge in [0, 0.05) is 24.7 Å². The summed E-state index contributed by atoms with van der Waals surface area (Å²) >= 11 is 0. The monoisotopic (exact) mass is 475 g/mol. The Morgan fingerprint density at radius 2 is 1.97 bits per heavy atom. The van der Waals surface area contributed by atoms with Gasteiger partial charge in [0.15, 0.2) is 10.3 Å². The lowest BCUT2D eigenvalue weighted by atomic mass is 10.0. The summed E-state index contributed by atoms with van der Waals surface area (Å²) in [5.41, 5.74) is 1.74. The van der Waals surface area contributed by atoms with Crippen LogP contribution in [0.1, 0.15) is 23.6 Å². The number of aromatic nitrogens is 1. The summed E-state index contributed by atoms with van der Waals surface area (Å²) in [6.07, 6.45) is -1.88. The Kier molecular flexibility index (Phi) is 6.37. The third-order valence-corrected chi connectivity index (χ3v) is 7.03. The molecule has 1 aromatic heterocycles. The maximum Gasteiger partial charge on any atom is 0.416 e. The van der Waals surface area contributed by atoms with E-state index in [0.717, 1.165) is 33.1 Å². The highest BCUT2D eigenvalue weighted by atomic mass is 32.2. The molecule has 4 rings (SSSR count). The van der Waals surface area contributed by atoms with Crippen LogP contribution in [-0.4, -0.2) is 29.4 Å². The van der Waals surface area contributed by atoms with E-state index in [9.17, 15) is 22.8 Å². The van der Waals surface area contributed by atoms with Crippen molar-refractivity contribution in [3.05, 3.63) is 75.5 Å². The second kappa shape index (κ2) is 9.22. The fourth-order valence-corrected chi connectivity index (χ4v) is 5.31. The molecule has 2 aromatic carbocycles. The minimum Gasteiger partial charge on any atom is -0.351 e. The molecule has 0 bridgehead atoms. The number of amides is 2. The molecule has 0 spiro atoms. The summed E-state index contributed by atoms with van der Waals surface area (Å²) in [5.74, 6) is -0.264. The zero-order chi connectivity index (χ0) is 23.6. The highest BCUT2D eigenvalue weighted by Gasteiger charge is 2.30. The van der Waals surface area contributed by atoms with Crippen LogP contribution < -0.4 is 15.4 Å². The minimum atomic E-state index is -4.39. The first-order valence-corrected chi connectivity index (χ1v) is 11.5. The van der Waals surface area contributed by atoms with Gasteiger partial charge in [0.2, 0.25) is 11.8 Å². The number of carbonyl (C=O) groups excluding carboxylic acids is 2. The number of fused-ring (bicyclic) bond motifs is 1. The fraction of sp³-hybridized carbons (Fsp3) is 0.261. The maximum absolute atomic E-state index is 12.8. The summed E-state index contributed by atoms with van der Waals surface area (Å²) in [6, 6.07) is 10.4. The number of carbonyl (C=O) groups is 2. The Balaban J connectivity index is 1.54. The average molecular weight is 476 g/mol. The summed E-state index contributed by atoms with van der Waals surface area (Å²) in [7, 11) is -0.439. The number of alkyl halides is 3. The molecule has 33 heavy (non-hydrogen) atoms. The number of hydrogen-bond acceptors (Lipinski definition) is 3.